The molecule has 1 aromatic carbocycles. The van der Waals surface area contributed by atoms with Crippen LogP contribution in [0.4, 0.5) is 8.78 Å². The first-order chi connectivity index (χ1) is 9.13. The molecule has 0 saturated carbocycles. The molecule has 19 heavy (non-hydrogen) atoms. The normalized spacial score (nSPS) is 12.2. The molecule has 5 nitrogen and oxygen atoms in total. The third-order valence-corrected chi connectivity index (χ3v) is 2.55. The maximum Gasteiger partial charge on any atom is 0.233 e. The number of nitrogens with zero attached hydrogens (tertiary/aromatic N) is 2. The number of hydrogen-bond donors (Lipinski definition) is 2. The van der Waals surface area contributed by atoms with Crippen molar-refractivity contribution in [3.05, 3.63) is 53.2 Å². The first-order valence-electron chi connectivity index (χ1n) is 5.43. The Hall–Kier alpha value is -2.12. The Labute approximate surface area is 108 Å². The number of nitrogens with one attached hydrogen (secondary N) is 1. The molecule has 1 atom stereocenters. The van der Waals surface area contributed by atoms with E-state index in [1.54, 1.807) is 12.1 Å². The molecule has 0 spiro atoms. The fourth-order valence-electron chi connectivity index (χ4n) is 1.69. The second-order valence-corrected chi connectivity index (χ2v) is 3.80. The van der Waals surface area contributed by atoms with Crippen LogP contribution in [0.25, 0.3) is 0 Å². The SMILES string of the molecule is COc1ccc(C(NN)c2cc(F)cc(F)c2)nn1. The Morgan fingerprint density at radius 3 is 2.32 bits per heavy atom. The van der Waals surface area contributed by atoms with Gasteiger partial charge in [-0.05, 0) is 23.8 Å². The van der Waals surface area contributed by atoms with Crippen LogP contribution in [0.2, 0.25) is 0 Å². The van der Waals surface area contributed by atoms with E-state index in [1.807, 2.05) is 0 Å². The highest BCUT2D eigenvalue weighted by molar-refractivity contribution is 5.29. The van der Waals surface area contributed by atoms with Crippen molar-refractivity contribution in [2.24, 2.45) is 5.84 Å². The molecule has 7 heteroatoms. The van der Waals surface area contributed by atoms with Crippen LogP contribution in [0.1, 0.15) is 17.3 Å². The molecular weight excluding hydrogens is 254 g/mol. The molecule has 0 aliphatic heterocycles. The van der Waals surface area contributed by atoms with Gasteiger partial charge in [0, 0.05) is 12.1 Å². The van der Waals surface area contributed by atoms with E-state index in [1.165, 1.54) is 19.2 Å². The second-order valence-electron chi connectivity index (χ2n) is 3.80. The summed E-state index contributed by atoms with van der Waals surface area (Å²) < 4.78 is 31.3. The Balaban J connectivity index is 2.37. The van der Waals surface area contributed by atoms with Crippen molar-refractivity contribution in [1.82, 2.24) is 15.6 Å². The number of rotatable bonds is 4. The van der Waals surface area contributed by atoms with Crippen molar-refractivity contribution < 1.29 is 13.5 Å². The van der Waals surface area contributed by atoms with Gasteiger partial charge in [-0.1, -0.05) is 0 Å². The second kappa shape index (κ2) is 5.68. The molecule has 1 aromatic heterocycles. The smallest absolute Gasteiger partial charge is 0.233 e. The van der Waals surface area contributed by atoms with Gasteiger partial charge in [-0.2, -0.15) is 0 Å². The minimum absolute atomic E-state index is 0.319. The van der Waals surface area contributed by atoms with E-state index < -0.39 is 17.7 Å². The molecule has 1 heterocycles. The minimum Gasteiger partial charge on any atom is -0.480 e. The zero-order valence-corrected chi connectivity index (χ0v) is 10.1. The van der Waals surface area contributed by atoms with Crippen molar-refractivity contribution in [2.75, 3.05) is 7.11 Å². The standard InChI is InChI=1S/C12H12F2N4O/c1-19-11-3-2-10(17-18-11)12(16-15)7-4-8(13)6-9(14)5-7/h2-6,12,16H,15H2,1H3. The lowest BCUT2D eigenvalue weighted by Crippen LogP contribution is -2.29. The largest absolute Gasteiger partial charge is 0.480 e. The monoisotopic (exact) mass is 266 g/mol. The zero-order valence-electron chi connectivity index (χ0n) is 10.1. The van der Waals surface area contributed by atoms with E-state index in [0.29, 0.717) is 17.1 Å². The highest BCUT2D eigenvalue weighted by atomic mass is 19.1. The van der Waals surface area contributed by atoms with Crippen molar-refractivity contribution in [3.8, 4) is 5.88 Å². The molecule has 0 bridgehead atoms. The van der Waals surface area contributed by atoms with Gasteiger partial charge in [-0.15, -0.1) is 10.2 Å². The van der Waals surface area contributed by atoms with Crippen LogP contribution in [0, 0.1) is 11.6 Å². The van der Waals surface area contributed by atoms with Gasteiger partial charge in [0.1, 0.15) is 11.6 Å². The summed E-state index contributed by atoms with van der Waals surface area (Å²) in [7, 11) is 1.46. The number of hydrazine groups is 1. The molecule has 0 radical (unpaired) electrons. The number of methoxy groups -OCH3 is 1. The van der Waals surface area contributed by atoms with Crippen LogP contribution in [-0.4, -0.2) is 17.3 Å². The van der Waals surface area contributed by atoms with Gasteiger partial charge in [0.25, 0.3) is 0 Å². The molecule has 0 saturated heterocycles. The van der Waals surface area contributed by atoms with E-state index in [9.17, 15) is 8.78 Å². The number of aromatic nitrogens is 2. The summed E-state index contributed by atoms with van der Waals surface area (Å²) in [5, 5.41) is 7.68. The predicted octanol–water partition coefficient (Wildman–Crippen LogP) is 1.32. The van der Waals surface area contributed by atoms with Gasteiger partial charge in [-0.3, -0.25) is 5.84 Å². The molecule has 3 N–H and O–H groups in total. The molecule has 2 rings (SSSR count). The Morgan fingerprint density at radius 2 is 1.84 bits per heavy atom. The summed E-state index contributed by atoms with van der Waals surface area (Å²) in [4.78, 5) is 0. The van der Waals surface area contributed by atoms with Gasteiger partial charge in [-0.25, -0.2) is 14.2 Å². The average Bonchev–Trinajstić information content (AvgIpc) is 2.39. The van der Waals surface area contributed by atoms with Crippen molar-refractivity contribution in [1.29, 1.82) is 0 Å². The summed E-state index contributed by atoms with van der Waals surface area (Å²) in [5.41, 5.74) is 3.19. The van der Waals surface area contributed by atoms with E-state index in [0.717, 1.165) is 6.07 Å². The van der Waals surface area contributed by atoms with Crippen molar-refractivity contribution in [2.45, 2.75) is 6.04 Å². The first-order valence-corrected chi connectivity index (χ1v) is 5.43. The lowest BCUT2D eigenvalue weighted by molar-refractivity contribution is 0.390. The van der Waals surface area contributed by atoms with Gasteiger partial charge >= 0.3 is 0 Å². The fourth-order valence-corrected chi connectivity index (χ4v) is 1.69. The average molecular weight is 266 g/mol. The van der Waals surface area contributed by atoms with Gasteiger partial charge in [0.15, 0.2) is 0 Å². The molecule has 0 aliphatic carbocycles. The quantitative estimate of drug-likeness (QED) is 0.645. The third kappa shape index (κ3) is 3.01. The van der Waals surface area contributed by atoms with Crippen LogP contribution in [-0.2, 0) is 0 Å². The van der Waals surface area contributed by atoms with Crippen molar-refractivity contribution in [3.63, 3.8) is 0 Å². The molecule has 0 fully saturated rings. The molecule has 1 unspecified atom stereocenters. The van der Waals surface area contributed by atoms with Crippen LogP contribution in [0.5, 0.6) is 5.88 Å². The van der Waals surface area contributed by atoms with Gasteiger partial charge in [0.2, 0.25) is 5.88 Å². The minimum atomic E-state index is -0.684. The third-order valence-electron chi connectivity index (χ3n) is 2.55. The summed E-state index contributed by atoms with van der Waals surface area (Å²) in [6.07, 6.45) is 0. The van der Waals surface area contributed by atoms with Crippen LogP contribution < -0.4 is 16.0 Å². The summed E-state index contributed by atoms with van der Waals surface area (Å²) >= 11 is 0. The van der Waals surface area contributed by atoms with E-state index in [-0.39, 0.29) is 0 Å². The van der Waals surface area contributed by atoms with Crippen LogP contribution in [0.3, 0.4) is 0 Å². The first kappa shape index (κ1) is 13.3. The highest BCUT2D eigenvalue weighted by Crippen LogP contribution is 2.21. The van der Waals surface area contributed by atoms with Gasteiger partial charge in [0.05, 0.1) is 18.8 Å². The fraction of sp³-hybridized carbons (Fsp3) is 0.167. The van der Waals surface area contributed by atoms with Gasteiger partial charge < -0.3 is 4.74 Å². The molecular formula is C12H12F2N4O. The number of benzene rings is 1. The lowest BCUT2D eigenvalue weighted by atomic mass is 10.0. The molecule has 0 amide bonds. The maximum absolute atomic E-state index is 13.2. The Kier molecular flexibility index (Phi) is 3.98. The van der Waals surface area contributed by atoms with E-state index in [2.05, 4.69) is 15.6 Å². The number of ether oxygens (including phenoxy) is 1. The van der Waals surface area contributed by atoms with E-state index >= 15 is 0 Å². The summed E-state index contributed by atoms with van der Waals surface area (Å²) in [6.45, 7) is 0. The highest BCUT2D eigenvalue weighted by Gasteiger charge is 2.16. The topological polar surface area (TPSA) is 73.1 Å². The Morgan fingerprint density at radius 1 is 1.16 bits per heavy atom. The number of halogens is 2. The summed E-state index contributed by atoms with van der Waals surface area (Å²) in [6, 6.07) is 5.68. The zero-order chi connectivity index (χ0) is 13.8. The van der Waals surface area contributed by atoms with Crippen LogP contribution >= 0.6 is 0 Å². The lowest BCUT2D eigenvalue weighted by Gasteiger charge is -2.15. The number of hydrogen-bond acceptors (Lipinski definition) is 5. The van der Waals surface area contributed by atoms with E-state index in [4.69, 9.17) is 10.6 Å². The summed E-state index contributed by atoms with van der Waals surface area (Å²) in [5.74, 6) is 4.38. The molecule has 0 aliphatic rings. The van der Waals surface area contributed by atoms with Crippen LogP contribution in [0.15, 0.2) is 30.3 Å². The molecule has 100 valence electrons. The predicted molar refractivity (Wildman–Crippen MR) is 64.1 cm³/mol. The molecule has 2 aromatic rings. The van der Waals surface area contributed by atoms with Crippen molar-refractivity contribution >= 4 is 0 Å². The Bertz CT molecular complexity index is 542. The number of nitrogens with two attached hydrogens (primary N) is 1. The maximum atomic E-state index is 13.2.